The van der Waals surface area contributed by atoms with E-state index in [1.165, 1.54) is 0 Å². The lowest BCUT2D eigenvalue weighted by Gasteiger charge is -2.19. The lowest BCUT2D eigenvalue weighted by molar-refractivity contribution is -0.154. The highest BCUT2D eigenvalue weighted by Crippen LogP contribution is 2.27. The van der Waals surface area contributed by atoms with E-state index < -0.39 is 18.0 Å². The molecular formula is C28H26N2O6. The number of imide groups is 1. The molecule has 0 radical (unpaired) electrons. The number of hydrogen-bond acceptors (Lipinski definition) is 6. The Morgan fingerprint density at radius 3 is 2.14 bits per heavy atom. The number of para-hydroxylation sites is 2. The topological polar surface area (TPSA) is 102 Å². The van der Waals surface area contributed by atoms with Crippen LogP contribution in [0.4, 0.5) is 5.69 Å². The molecule has 1 heterocycles. The van der Waals surface area contributed by atoms with Gasteiger partial charge in [0.25, 0.3) is 17.7 Å². The maximum absolute atomic E-state index is 13.2. The van der Waals surface area contributed by atoms with Gasteiger partial charge in [0.15, 0.2) is 0 Å². The first kappa shape index (κ1) is 24.7. The van der Waals surface area contributed by atoms with Gasteiger partial charge in [-0.05, 0) is 37.6 Å². The molecule has 3 amide bonds. The molecule has 1 N–H and O–H groups in total. The van der Waals surface area contributed by atoms with Gasteiger partial charge in [-0.1, -0.05) is 54.6 Å². The van der Waals surface area contributed by atoms with Crippen LogP contribution in [0.25, 0.3) is 0 Å². The van der Waals surface area contributed by atoms with E-state index in [4.69, 9.17) is 9.47 Å². The summed E-state index contributed by atoms with van der Waals surface area (Å²) in [4.78, 5) is 52.0. The summed E-state index contributed by atoms with van der Waals surface area (Å²) < 4.78 is 11.1. The van der Waals surface area contributed by atoms with Crippen molar-refractivity contribution >= 4 is 29.4 Å². The smallest absolute Gasteiger partial charge is 0.306 e. The Balaban J connectivity index is 1.40. The zero-order chi connectivity index (χ0) is 25.5. The Hall–Kier alpha value is -4.46. The number of anilines is 1. The Morgan fingerprint density at radius 1 is 0.861 bits per heavy atom. The van der Waals surface area contributed by atoms with E-state index in [2.05, 4.69) is 5.32 Å². The third kappa shape index (κ3) is 5.43. The molecule has 0 fully saturated rings. The molecule has 0 bridgehead atoms. The van der Waals surface area contributed by atoms with Crippen LogP contribution >= 0.6 is 0 Å². The number of ether oxygens (including phenoxy) is 2. The van der Waals surface area contributed by atoms with Gasteiger partial charge in [-0.2, -0.15) is 0 Å². The normalized spacial score (nSPS) is 13.2. The second-order valence-electron chi connectivity index (χ2n) is 8.11. The first-order valence-electron chi connectivity index (χ1n) is 11.7. The number of hydrogen-bond donors (Lipinski definition) is 1. The number of carbonyl (C=O) groups excluding carboxylic acids is 4. The van der Waals surface area contributed by atoms with Gasteiger partial charge in [0.1, 0.15) is 5.75 Å². The molecule has 36 heavy (non-hydrogen) atoms. The molecule has 0 spiro atoms. The zero-order valence-corrected chi connectivity index (χ0v) is 19.8. The lowest BCUT2D eigenvalue weighted by Crippen LogP contribution is -2.31. The number of fused-ring (bicyclic) bond motifs is 1. The van der Waals surface area contributed by atoms with Crippen LogP contribution in [-0.2, 0) is 14.3 Å². The molecule has 1 atom stereocenters. The minimum atomic E-state index is -1.19. The minimum Gasteiger partial charge on any atom is -0.492 e. The summed E-state index contributed by atoms with van der Waals surface area (Å²) in [5, 5.41) is 2.78. The number of nitrogens with one attached hydrogen (secondary N) is 1. The summed E-state index contributed by atoms with van der Waals surface area (Å²) in [6, 6.07) is 22.3. The number of amides is 3. The second kappa shape index (κ2) is 11.3. The average molecular weight is 487 g/mol. The van der Waals surface area contributed by atoms with Crippen molar-refractivity contribution in [3.05, 3.63) is 95.6 Å². The Bertz CT molecular complexity index is 1240. The monoisotopic (exact) mass is 486 g/mol. The van der Waals surface area contributed by atoms with Gasteiger partial charge in [-0.3, -0.25) is 24.1 Å². The summed E-state index contributed by atoms with van der Waals surface area (Å²) in [5.74, 6) is -1.39. The highest BCUT2D eigenvalue weighted by molar-refractivity contribution is 6.21. The lowest BCUT2D eigenvalue weighted by atomic mass is 10.1. The van der Waals surface area contributed by atoms with Gasteiger partial charge >= 0.3 is 5.97 Å². The largest absolute Gasteiger partial charge is 0.492 e. The predicted molar refractivity (Wildman–Crippen MR) is 133 cm³/mol. The fraction of sp³-hybridized carbons (Fsp3) is 0.214. The maximum Gasteiger partial charge on any atom is 0.306 e. The van der Waals surface area contributed by atoms with Crippen LogP contribution in [0.1, 0.15) is 52.1 Å². The molecule has 3 aromatic rings. The summed E-state index contributed by atoms with van der Waals surface area (Å²) in [6.07, 6.45) is -1.05. The van der Waals surface area contributed by atoms with Crippen LogP contribution < -0.4 is 10.1 Å². The van der Waals surface area contributed by atoms with E-state index >= 15 is 0 Å². The molecule has 0 aromatic heterocycles. The van der Waals surface area contributed by atoms with Crippen molar-refractivity contribution in [1.29, 1.82) is 0 Å². The third-order valence-electron chi connectivity index (χ3n) is 5.68. The van der Waals surface area contributed by atoms with E-state index in [-0.39, 0.29) is 31.2 Å². The fourth-order valence-corrected chi connectivity index (χ4v) is 3.96. The van der Waals surface area contributed by atoms with Crippen molar-refractivity contribution in [2.75, 3.05) is 18.5 Å². The second-order valence-corrected chi connectivity index (χ2v) is 8.11. The van der Waals surface area contributed by atoms with Gasteiger partial charge < -0.3 is 14.8 Å². The number of nitrogens with zero attached hydrogens (tertiary/aromatic N) is 1. The van der Waals surface area contributed by atoms with Crippen LogP contribution in [0.2, 0.25) is 0 Å². The molecule has 0 saturated carbocycles. The molecule has 0 unspecified atom stereocenters. The van der Waals surface area contributed by atoms with Crippen LogP contribution in [0.15, 0.2) is 78.9 Å². The van der Waals surface area contributed by atoms with E-state index in [9.17, 15) is 19.2 Å². The summed E-state index contributed by atoms with van der Waals surface area (Å²) in [6.45, 7) is 2.34. The minimum absolute atomic E-state index is 0.0699. The summed E-state index contributed by atoms with van der Waals surface area (Å²) in [5.41, 5.74) is 1.70. The molecule has 0 saturated heterocycles. The average Bonchev–Trinajstić information content (AvgIpc) is 3.14. The van der Waals surface area contributed by atoms with Crippen molar-refractivity contribution in [3.8, 4) is 5.75 Å². The molecule has 8 nitrogen and oxygen atoms in total. The Morgan fingerprint density at radius 2 is 1.47 bits per heavy atom. The maximum atomic E-state index is 13.2. The molecular weight excluding hydrogens is 460 g/mol. The van der Waals surface area contributed by atoms with Crippen molar-refractivity contribution in [2.45, 2.75) is 25.9 Å². The van der Waals surface area contributed by atoms with E-state index in [1.807, 2.05) is 6.92 Å². The van der Waals surface area contributed by atoms with Crippen molar-refractivity contribution in [3.63, 3.8) is 0 Å². The van der Waals surface area contributed by atoms with E-state index in [0.717, 1.165) is 4.90 Å². The third-order valence-corrected chi connectivity index (χ3v) is 5.68. The van der Waals surface area contributed by atoms with Crippen molar-refractivity contribution in [1.82, 2.24) is 4.90 Å². The molecule has 184 valence electrons. The molecule has 0 aliphatic carbocycles. The van der Waals surface area contributed by atoms with Crippen LogP contribution in [0, 0.1) is 0 Å². The van der Waals surface area contributed by atoms with Crippen LogP contribution in [0.5, 0.6) is 5.75 Å². The predicted octanol–water partition coefficient (Wildman–Crippen LogP) is 4.38. The van der Waals surface area contributed by atoms with E-state index in [1.54, 1.807) is 78.9 Å². The number of benzene rings is 3. The first-order chi connectivity index (χ1) is 17.5. The van der Waals surface area contributed by atoms with E-state index in [0.29, 0.717) is 34.7 Å². The van der Waals surface area contributed by atoms with Gasteiger partial charge in [-0.25, -0.2) is 0 Å². The first-order valence-corrected chi connectivity index (χ1v) is 11.7. The number of rotatable bonds is 10. The molecule has 4 rings (SSSR count). The summed E-state index contributed by atoms with van der Waals surface area (Å²) >= 11 is 0. The highest BCUT2D eigenvalue weighted by Gasteiger charge is 2.34. The van der Waals surface area contributed by atoms with Gasteiger partial charge in [0.05, 0.1) is 23.4 Å². The molecule has 3 aromatic carbocycles. The van der Waals surface area contributed by atoms with Gasteiger partial charge in [0, 0.05) is 18.5 Å². The standard InChI is InChI=1S/C28H26N2O6/c1-2-35-23-16-9-8-15-22(23)29-26(32)25(19-11-4-3-5-12-19)36-24(31)17-10-18-30-27(33)20-13-6-7-14-21(20)28(30)34/h3-9,11-16,25H,2,10,17-18H2,1H3,(H,29,32)/t25-/m0/s1. The SMILES string of the molecule is CCOc1ccccc1NC(=O)[C@@H](OC(=O)CCCN1C(=O)c2ccccc2C1=O)c1ccccc1. The molecule has 1 aliphatic rings. The van der Waals surface area contributed by atoms with Gasteiger partial charge in [0.2, 0.25) is 6.10 Å². The van der Waals surface area contributed by atoms with Crippen LogP contribution in [0.3, 0.4) is 0 Å². The highest BCUT2D eigenvalue weighted by atomic mass is 16.5. The Kier molecular flexibility index (Phi) is 7.75. The quantitative estimate of drug-likeness (QED) is 0.337. The zero-order valence-electron chi connectivity index (χ0n) is 19.8. The summed E-state index contributed by atoms with van der Waals surface area (Å²) in [7, 11) is 0. The van der Waals surface area contributed by atoms with Crippen LogP contribution in [-0.4, -0.2) is 41.7 Å². The molecule has 1 aliphatic heterocycles. The molecule has 8 heteroatoms. The number of carbonyl (C=O) groups is 4. The van der Waals surface area contributed by atoms with Crippen molar-refractivity contribution < 1.29 is 28.7 Å². The fourth-order valence-electron chi connectivity index (χ4n) is 3.96. The number of esters is 1. The van der Waals surface area contributed by atoms with Gasteiger partial charge in [-0.15, -0.1) is 0 Å². The Labute approximate surface area is 208 Å². The van der Waals surface area contributed by atoms with Crippen molar-refractivity contribution in [2.24, 2.45) is 0 Å².